The quantitative estimate of drug-likeness (QED) is 0.834. The number of hydrogen-bond donors (Lipinski definition) is 2. The lowest BCUT2D eigenvalue weighted by Crippen LogP contribution is -2.29. The fourth-order valence-electron chi connectivity index (χ4n) is 3.45. The summed E-state index contributed by atoms with van der Waals surface area (Å²) in [4.78, 5) is 14.9. The highest BCUT2D eigenvalue weighted by molar-refractivity contribution is 5.88. The van der Waals surface area contributed by atoms with Crippen molar-refractivity contribution in [3.63, 3.8) is 0 Å². The van der Waals surface area contributed by atoms with Crippen LogP contribution in [0.4, 0.5) is 10.2 Å². The number of carboxylic acid groups (broad SMARTS) is 1. The summed E-state index contributed by atoms with van der Waals surface area (Å²) in [5.74, 6) is -1.41. The summed E-state index contributed by atoms with van der Waals surface area (Å²) in [7, 11) is 0. The highest BCUT2D eigenvalue weighted by Gasteiger charge is 2.34. The smallest absolute Gasteiger partial charge is 0.338 e. The fourth-order valence-corrected chi connectivity index (χ4v) is 3.45. The van der Waals surface area contributed by atoms with E-state index in [0.29, 0.717) is 12.5 Å². The van der Waals surface area contributed by atoms with Gasteiger partial charge in [0.2, 0.25) is 0 Å². The fraction of sp³-hybridized carbons (Fsp3) is 0.625. The van der Waals surface area contributed by atoms with E-state index in [0.717, 1.165) is 19.3 Å². The number of hydrogen-bond acceptors (Lipinski definition) is 3. The second-order valence-corrected chi connectivity index (χ2v) is 6.48. The van der Waals surface area contributed by atoms with Gasteiger partial charge in [0, 0.05) is 12.7 Å². The Bertz CT molecular complexity index is 511. The van der Waals surface area contributed by atoms with Gasteiger partial charge < -0.3 is 10.4 Å². The van der Waals surface area contributed by atoms with Gasteiger partial charge in [0.15, 0.2) is 11.6 Å². The van der Waals surface area contributed by atoms with E-state index >= 15 is 0 Å². The average molecular weight is 294 g/mol. The maximum absolute atomic E-state index is 14.1. The molecule has 0 aliphatic heterocycles. The van der Waals surface area contributed by atoms with Crippen molar-refractivity contribution in [1.29, 1.82) is 0 Å². The van der Waals surface area contributed by atoms with Gasteiger partial charge in [-0.1, -0.05) is 26.7 Å². The summed E-state index contributed by atoms with van der Waals surface area (Å²) in [5, 5.41) is 12.0. The maximum atomic E-state index is 14.1. The van der Waals surface area contributed by atoms with Crippen molar-refractivity contribution in [2.24, 2.45) is 11.3 Å². The molecule has 0 bridgehead atoms. The number of anilines is 1. The first kappa shape index (κ1) is 15.7. The van der Waals surface area contributed by atoms with E-state index in [-0.39, 0.29) is 16.8 Å². The molecule has 1 fully saturated rings. The van der Waals surface area contributed by atoms with Crippen molar-refractivity contribution in [3.05, 3.63) is 23.6 Å². The summed E-state index contributed by atoms with van der Waals surface area (Å²) in [6, 6.07) is 1.18. The number of nitrogens with zero attached hydrogens (tertiary/aromatic N) is 1. The van der Waals surface area contributed by atoms with E-state index in [2.05, 4.69) is 24.1 Å². The number of aromatic nitrogens is 1. The number of pyridine rings is 1. The first-order chi connectivity index (χ1) is 9.93. The zero-order chi connectivity index (χ0) is 15.5. The zero-order valence-corrected chi connectivity index (χ0v) is 12.7. The van der Waals surface area contributed by atoms with Crippen molar-refractivity contribution in [2.45, 2.75) is 46.0 Å². The second-order valence-electron chi connectivity index (χ2n) is 6.48. The molecule has 0 radical (unpaired) electrons. The SMILES string of the molecule is CC(C)CC1(CNc2nccc(C(=O)O)c2F)CCCC1. The maximum Gasteiger partial charge on any atom is 0.338 e. The second kappa shape index (κ2) is 6.41. The molecule has 1 aliphatic rings. The molecule has 2 N–H and O–H groups in total. The number of rotatable bonds is 6. The molecule has 1 aromatic rings. The molecule has 5 heteroatoms. The molecular formula is C16H23FN2O2. The van der Waals surface area contributed by atoms with Crippen molar-refractivity contribution >= 4 is 11.8 Å². The van der Waals surface area contributed by atoms with Crippen LogP contribution in [0.2, 0.25) is 0 Å². The van der Waals surface area contributed by atoms with Crippen LogP contribution >= 0.6 is 0 Å². The predicted molar refractivity (Wildman–Crippen MR) is 80.0 cm³/mol. The first-order valence-electron chi connectivity index (χ1n) is 7.55. The molecule has 1 heterocycles. The van der Waals surface area contributed by atoms with Gasteiger partial charge >= 0.3 is 5.97 Å². The summed E-state index contributed by atoms with van der Waals surface area (Å²) in [5.41, 5.74) is -0.154. The molecule has 21 heavy (non-hydrogen) atoms. The van der Waals surface area contributed by atoms with Crippen molar-refractivity contribution in [2.75, 3.05) is 11.9 Å². The van der Waals surface area contributed by atoms with Gasteiger partial charge in [0.05, 0.1) is 0 Å². The number of carboxylic acids is 1. The minimum Gasteiger partial charge on any atom is -0.478 e. The van der Waals surface area contributed by atoms with Crippen LogP contribution in [0.3, 0.4) is 0 Å². The Hall–Kier alpha value is -1.65. The Morgan fingerprint density at radius 3 is 2.71 bits per heavy atom. The van der Waals surface area contributed by atoms with Gasteiger partial charge in [-0.05, 0) is 36.7 Å². The molecule has 0 aromatic carbocycles. The third kappa shape index (κ3) is 3.71. The molecule has 0 saturated heterocycles. The minimum atomic E-state index is -1.27. The van der Waals surface area contributed by atoms with Gasteiger partial charge in [-0.2, -0.15) is 0 Å². The van der Waals surface area contributed by atoms with E-state index in [1.54, 1.807) is 0 Å². The molecule has 0 amide bonds. The summed E-state index contributed by atoms with van der Waals surface area (Å²) >= 11 is 0. The van der Waals surface area contributed by atoms with Crippen LogP contribution in [0.5, 0.6) is 0 Å². The van der Waals surface area contributed by atoms with Crippen LogP contribution in [0.1, 0.15) is 56.3 Å². The average Bonchev–Trinajstić information content (AvgIpc) is 2.85. The van der Waals surface area contributed by atoms with E-state index in [1.807, 2.05) is 0 Å². The van der Waals surface area contributed by atoms with Crippen LogP contribution in [0.25, 0.3) is 0 Å². The van der Waals surface area contributed by atoms with Gasteiger partial charge in [-0.15, -0.1) is 0 Å². The molecule has 116 valence electrons. The molecular weight excluding hydrogens is 271 g/mol. The molecule has 1 aromatic heterocycles. The molecule has 1 saturated carbocycles. The number of aromatic carboxylic acids is 1. The molecule has 1 aliphatic carbocycles. The summed E-state index contributed by atoms with van der Waals surface area (Å²) in [6.07, 6.45) is 7.12. The lowest BCUT2D eigenvalue weighted by atomic mass is 9.78. The third-order valence-corrected chi connectivity index (χ3v) is 4.26. The largest absolute Gasteiger partial charge is 0.478 e. The normalized spacial score (nSPS) is 17.1. The lowest BCUT2D eigenvalue weighted by molar-refractivity contribution is 0.0692. The Morgan fingerprint density at radius 1 is 1.48 bits per heavy atom. The number of halogens is 1. The zero-order valence-electron chi connectivity index (χ0n) is 12.7. The monoisotopic (exact) mass is 294 g/mol. The molecule has 0 unspecified atom stereocenters. The highest BCUT2D eigenvalue weighted by Crippen LogP contribution is 2.43. The minimum absolute atomic E-state index is 0.0462. The molecule has 2 rings (SSSR count). The third-order valence-electron chi connectivity index (χ3n) is 4.26. The van der Waals surface area contributed by atoms with Gasteiger partial charge in [-0.3, -0.25) is 0 Å². The predicted octanol–water partition coefficient (Wildman–Crippen LogP) is 3.94. The lowest BCUT2D eigenvalue weighted by Gasteiger charge is -2.31. The van der Waals surface area contributed by atoms with Crippen LogP contribution in [0.15, 0.2) is 12.3 Å². The van der Waals surface area contributed by atoms with Crippen LogP contribution < -0.4 is 5.32 Å². The molecule has 0 atom stereocenters. The summed E-state index contributed by atoms with van der Waals surface area (Å²) in [6.45, 7) is 5.05. The topological polar surface area (TPSA) is 62.2 Å². The van der Waals surface area contributed by atoms with Crippen LogP contribution in [0, 0.1) is 17.2 Å². The Kier molecular flexibility index (Phi) is 4.80. The van der Waals surface area contributed by atoms with Gasteiger partial charge in [0.1, 0.15) is 5.56 Å². The van der Waals surface area contributed by atoms with Crippen LogP contribution in [-0.4, -0.2) is 22.6 Å². The number of carbonyl (C=O) groups is 1. The van der Waals surface area contributed by atoms with E-state index in [1.165, 1.54) is 25.1 Å². The van der Waals surface area contributed by atoms with Crippen molar-refractivity contribution < 1.29 is 14.3 Å². The first-order valence-corrected chi connectivity index (χ1v) is 7.55. The number of nitrogens with one attached hydrogen (secondary N) is 1. The van der Waals surface area contributed by atoms with Crippen molar-refractivity contribution in [3.8, 4) is 0 Å². The van der Waals surface area contributed by atoms with E-state index in [9.17, 15) is 9.18 Å². The molecule has 4 nitrogen and oxygen atoms in total. The van der Waals surface area contributed by atoms with Crippen LogP contribution in [-0.2, 0) is 0 Å². The Morgan fingerprint density at radius 2 is 2.14 bits per heavy atom. The molecule has 0 spiro atoms. The Balaban J connectivity index is 2.11. The van der Waals surface area contributed by atoms with E-state index < -0.39 is 11.8 Å². The highest BCUT2D eigenvalue weighted by atomic mass is 19.1. The van der Waals surface area contributed by atoms with Gasteiger partial charge in [0.25, 0.3) is 0 Å². The van der Waals surface area contributed by atoms with Crippen molar-refractivity contribution in [1.82, 2.24) is 4.98 Å². The van der Waals surface area contributed by atoms with E-state index in [4.69, 9.17) is 5.11 Å². The summed E-state index contributed by atoms with van der Waals surface area (Å²) < 4.78 is 14.1. The Labute approximate surface area is 124 Å². The standard InChI is InChI=1S/C16H23FN2O2/c1-11(2)9-16(6-3-4-7-16)10-19-14-13(17)12(15(20)21)5-8-18-14/h5,8,11H,3-4,6-7,9-10H2,1-2H3,(H,18,19)(H,20,21). The van der Waals surface area contributed by atoms with Gasteiger partial charge in [-0.25, -0.2) is 14.2 Å².